The molecule has 0 bridgehead atoms. The number of aromatic nitrogens is 3. The molecule has 0 aliphatic rings. The van der Waals surface area contributed by atoms with Crippen molar-refractivity contribution in [2.75, 3.05) is 0 Å². The Bertz CT molecular complexity index is 1230. The number of nitro groups is 1. The molecule has 0 aliphatic carbocycles. The average Bonchev–Trinajstić information content (AvgIpc) is 3.06. The molecule has 0 saturated carbocycles. The summed E-state index contributed by atoms with van der Waals surface area (Å²) in [7, 11) is 0. The van der Waals surface area contributed by atoms with Crippen LogP contribution in [0, 0.1) is 10.1 Å². The van der Waals surface area contributed by atoms with Gasteiger partial charge in [-0.05, 0) is 18.6 Å². The second-order valence-corrected chi connectivity index (χ2v) is 7.00. The fourth-order valence-electron chi connectivity index (χ4n) is 3.07. The van der Waals surface area contributed by atoms with Crippen LogP contribution < -0.4 is 5.56 Å². The molecule has 0 spiro atoms. The molecule has 7 nitrogen and oxygen atoms in total. The topological polar surface area (TPSA) is 93.8 Å². The molecule has 0 fully saturated rings. The normalized spacial score (nSPS) is 11.3. The van der Waals surface area contributed by atoms with Crippen molar-refractivity contribution in [3.8, 4) is 0 Å². The van der Waals surface area contributed by atoms with Crippen LogP contribution in [-0.4, -0.2) is 19.5 Å². The number of thioether (sulfide) groups is 1. The fourth-order valence-corrected chi connectivity index (χ4v) is 4.07. The van der Waals surface area contributed by atoms with Gasteiger partial charge < -0.3 is 4.98 Å². The van der Waals surface area contributed by atoms with E-state index in [4.69, 9.17) is 4.98 Å². The third kappa shape index (κ3) is 3.08. The van der Waals surface area contributed by atoms with Gasteiger partial charge in [0.25, 0.3) is 11.2 Å². The summed E-state index contributed by atoms with van der Waals surface area (Å²) in [6, 6.07) is 14.2. The van der Waals surface area contributed by atoms with Gasteiger partial charge in [-0.1, -0.05) is 42.1 Å². The van der Waals surface area contributed by atoms with Gasteiger partial charge in [0.15, 0.2) is 5.16 Å². The number of para-hydroxylation sites is 1. The van der Waals surface area contributed by atoms with Crippen molar-refractivity contribution in [2.45, 2.75) is 24.4 Å². The number of H-pyrrole nitrogens is 1. The second-order valence-electron chi connectivity index (χ2n) is 6.05. The Kier molecular flexibility index (Phi) is 4.41. The number of hydrogen-bond donors (Lipinski definition) is 1. The first-order chi connectivity index (χ1) is 13.1. The molecule has 0 saturated heterocycles. The van der Waals surface area contributed by atoms with E-state index in [1.54, 1.807) is 16.7 Å². The predicted molar refractivity (Wildman–Crippen MR) is 106 cm³/mol. The van der Waals surface area contributed by atoms with Crippen LogP contribution in [0.3, 0.4) is 0 Å². The molecule has 8 heteroatoms. The standard InChI is InChI=1S/C19H16N4O3S/c1-2-22-18(24)17-16(14-8-3-4-9-15(14)20-17)21-19(22)27-11-12-6-5-7-13(10-12)23(25)26/h3-10,20H,2,11H2,1H3. The SMILES string of the molecule is CCn1c(SCc2cccc([N+](=O)[O-])c2)nc2c([nH]c3ccccc32)c1=O. The zero-order chi connectivity index (χ0) is 19.0. The molecule has 0 unspecified atom stereocenters. The lowest BCUT2D eigenvalue weighted by Gasteiger charge is -2.09. The van der Waals surface area contributed by atoms with E-state index >= 15 is 0 Å². The summed E-state index contributed by atoms with van der Waals surface area (Å²) in [5.41, 5.74) is 2.78. The van der Waals surface area contributed by atoms with Gasteiger partial charge in [0.2, 0.25) is 0 Å². The minimum atomic E-state index is -0.410. The number of fused-ring (bicyclic) bond motifs is 3. The molecule has 136 valence electrons. The van der Waals surface area contributed by atoms with Crippen LogP contribution in [0.1, 0.15) is 12.5 Å². The van der Waals surface area contributed by atoms with Crippen molar-refractivity contribution in [1.82, 2.24) is 14.5 Å². The number of benzene rings is 2. The molecule has 0 amide bonds. The van der Waals surface area contributed by atoms with E-state index in [0.717, 1.165) is 16.5 Å². The van der Waals surface area contributed by atoms with Crippen LogP contribution in [0.5, 0.6) is 0 Å². The highest BCUT2D eigenvalue weighted by Crippen LogP contribution is 2.27. The van der Waals surface area contributed by atoms with Crippen LogP contribution >= 0.6 is 11.8 Å². The monoisotopic (exact) mass is 380 g/mol. The highest BCUT2D eigenvalue weighted by molar-refractivity contribution is 7.98. The molecule has 1 N–H and O–H groups in total. The van der Waals surface area contributed by atoms with Crippen molar-refractivity contribution in [2.24, 2.45) is 0 Å². The van der Waals surface area contributed by atoms with Gasteiger partial charge in [0, 0.05) is 35.3 Å². The van der Waals surface area contributed by atoms with Crippen LogP contribution in [0.4, 0.5) is 5.69 Å². The van der Waals surface area contributed by atoms with Gasteiger partial charge in [-0.25, -0.2) is 4.98 Å². The Morgan fingerprint density at radius 3 is 2.81 bits per heavy atom. The summed E-state index contributed by atoms with van der Waals surface area (Å²) in [5.74, 6) is 0.488. The van der Waals surface area contributed by atoms with Crippen molar-refractivity contribution < 1.29 is 4.92 Å². The molecule has 2 heterocycles. The Morgan fingerprint density at radius 1 is 1.22 bits per heavy atom. The zero-order valence-electron chi connectivity index (χ0n) is 14.5. The van der Waals surface area contributed by atoms with Gasteiger partial charge in [-0.2, -0.15) is 0 Å². The Labute approximate surface area is 158 Å². The first-order valence-electron chi connectivity index (χ1n) is 8.46. The number of non-ortho nitro benzene ring substituents is 1. The lowest BCUT2D eigenvalue weighted by Crippen LogP contribution is -2.22. The van der Waals surface area contributed by atoms with Crippen molar-refractivity contribution in [3.63, 3.8) is 0 Å². The van der Waals surface area contributed by atoms with E-state index in [-0.39, 0.29) is 11.2 Å². The molecule has 0 atom stereocenters. The van der Waals surface area contributed by atoms with E-state index in [1.165, 1.54) is 17.8 Å². The van der Waals surface area contributed by atoms with E-state index < -0.39 is 4.92 Å². The highest BCUT2D eigenvalue weighted by Gasteiger charge is 2.15. The quantitative estimate of drug-likeness (QED) is 0.243. The molecule has 0 aliphatic heterocycles. The van der Waals surface area contributed by atoms with Gasteiger partial charge in [0.05, 0.1) is 4.92 Å². The third-order valence-corrected chi connectivity index (χ3v) is 5.43. The lowest BCUT2D eigenvalue weighted by atomic mass is 10.2. The Balaban J connectivity index is 1.76. The molecule has 4 rings (SSSR count). The van der Waals surface area contributed by atoms with E-state index in [1.807, 2.05) is 37.3 Å². The summed E-state index contributed by atoms with van der Waals surface area (Å²) in [5, 5.41) is 12.5. The fraction of sp³-hybridized carbons (Fsp3) is 0.158. The van der Waals surface area contributed by atoms with Crippen LogP contribution in [0.2, 0.25) is 0 Å². The van der Waals surface area contributed by atoms with Crippen LogP contribution in [0.15, 0.2) is 58.5 Å². The number of rotatable bonds is 5. The number of nitrogens with zero attached hydrogens (tertiary/aromatic N) is 3. The Morgan fingerprint density at radius 2 is 2.04 bits per heavy atom. The summed E-state index contributed by atoms with van der Waals surface area (Å²) in [4.78, 5) is 31.3. The summed E-state index contributed by atoms with van der Waals surface area (Å²) < 4.78 is 1.62. The zero-order valence-corrected chi connectivity index (χ0v) is 15.3. The third-order valence-electron chi connectivity index (χ3n) is 4.38. The minimum Gasteiger partial charge on any atom is -0.349 e. The van der Waals surface area contributed by atoms with Gasteiger partial charge in [-0.15, -0.1) is 0 Å². The first-order valence-corrected chi connectivity index (χ1v) is 9.44. The number of hydrogen-bond acceptors (Lipinski definition) is 5. The van der Waals surface area contributed by atoms with E-state index in [0.29, 0.717) is 28.5 Å². The van der Waals surface area contributed by atoms with Crippen LogP contribution in [-0.2, 0) is 12.3 Å². The van der Waals surface area contributed by atoms with Crippen molar-refractivity contribution >= 4 is 39.4 Å². The maximum Gasteiger partial charge on any atom is 0.278 e. The van der Waals surface area contributed by atoms with Gasteiger partial charge >= 0.3 is 0 Å². The van der Waals surface area contributed by atoms with Gasteiger partial charge in [-0.3, -0.25) is 19.5 Å². The average molecular weight is 380 g/mol. The van der Waals surface area contributed by atoms with E-state index in [2.05, 4.69) is 4.98 Å². The van der Waals surface area contributed by atoms with Crippen molar-refractivity contribution in [1.29, 1.82) is 0 Å². The smallest absolute Gasteiger partial charge is 0.278 e. The summed E-state index contributed by atoms with van der Waals surface area (Å²) in [6.07, 6.45) is 0. The number of nitrogens with one attached hydrogen (secondary N) is 1. The number of nitro benzene ring substituents is 1. The molecular formula is C19H16N4O3S. The molecule has 27 heavy (non-hydrogen) atoms. The predicted octanol–water partition coefficient (Wildman–Crippen LogP) is 4.10. The Hall–Kier alpha value is -3.13. The van der Waals surface area contributed by atoms with Crippen LogP contribution in [0.25, 0.3) is 21.9 Å². The summed E-state index contributed by atoms with van der Waals surface area (Å²) in [6.45, 7) is 2.39. The minimum absolute atomic E-state index is 0.0565. The lowest BCUT2D eigenvalue weighted by molar-refractivity contribution is -0.384. The molecule has 2 aromatic heterocycles. The van der Waals surface area contributed by atoms with E-state index in [9.17, 15) is 14.9 Å². The summed E-state index contributed by atoms with van der Waals surface area (Å²) >= 11 is 1.40. The molecule has 0 radical (unpaired) electrons. The highest BCUT2D eigenvalue weighted by atomic mass is 32.2. The first kappa shape index (κ1) is 17.3. The maximum atomic E-state index is 12.9. The second kappa shape index (κ2) is 6.88. The molecular weight excluding hydrogens is 364 g/mol. The largest absolute Gasteiger partial charge is 0.349 e. The van der Waals surface area contributed by atoms with Gasteiger partial charge in [0.1, 0.15) is 11.0 Å². The number of aromatic amines is 1. The van der Waals surface area contributed by atoms with Crippen molar-refractivity contribution in [3.05, 3.63) is 74.6 Å². The maximum absolute atomic E-state index is 12.9. The molecule has 2 aromatic carbocycles. The molecule has 4 aromatic rings.